The van der Waals surface area contributed by atoms with Crippen molar-refractivity contribution in [2.75, 3.05) is 7.11 Å². The second-order valence-corrected chi connectivity index (χ2v) is 4.45. The van der Waals surface area contributed by atoms with E-state index in [9.17, 15) is 4.79 Å². The van der Waals surface area contributed by atoms with Crippen LogP contribution in [0.5, 0.6) is 0 Å². The number of nitrogens with two attached hydrogens (primary N) is 1. The van der Waals surface area contributed by atoms with Crippen molar-refractivity contribution in [3.05, 3.63) is 34.9 Å². The molecule has 0 amide bonds. The molecule has 1 rings (SSSR count). The van der Waals surface area contributed by atoms with Gasteiger partial charge in [-0.05, 0) is 24.1 Å². The van der Waals surface area contributed by atoms with Gasteiger partial charge in [-0.15, -0.1) is 0 Å². The van der Waals surface area contributed by atoms with Gasteiger partial charge < -0.3 is 10.5 Å². The van der Waals surface area contributed by atoms with Gasteiger partial charge in [-0.25, -0.2) is 0 Å². The summed E-state index contributed by atoms with van der Waals surface area (Å²) in [5.74, 6) is -0.301. The van der Waals surface area contributed by atoms with Crippen LogP contribution in [0, 0.1) is 0 Å². The Balaban J connectivity index is 2.93. The van der Waals surface area contributed by atoms with Gasteiger partial charge in [0.1, 0.15) is 0 Å². The van der Waals surface area contributed by atoms with E-state index in [4.69, 9.17) is 22.1 Å². The van der Waals surface area contributed by atoms with E-state index in [2.05, 4.69) is 0 Å². The first-order chi connectivity index (χ1) is 8.08. The summed E-state index contributed by atoms with van der Waals surface area (Å²) in [7, 11) is 1.38. The zero-order valence-corrected chi connectivity index (χ0v) is 10.9. The monoisotopic (exact) mass is 255 g/mol. The predicted octanol–water partition coefficient (Wildman–Crippen LogP) is 2.72. The standard InChI is InChI=1S/C13H18ClNO2/c1-3-12(15)11(8-13(16)17-2)9-5-4-6-10(14)7-9/h4-7,11-12H,3,8,15H2,1-2H3. The van der Waals surface area contributed by atoms with Gasteiger partial charge in [0.2, 0.25) is 0 Å². The summed E-state index contributed by atoms with van der Waals surface area (Å²) < 4.78 is 4.70. The van der Waals surface area contributed by atoms with Crippen molar-refractivity contribution >= 4 is 17.6 Å². The molecule has 0 spiro atoms. The Bertz CT molecular complexity index is 381. The first kappa shape index (κ1) is 14.0. The van der Waals surface area contributed by atoms with E-state index in [-0.39, 0.29) is 24.3 Å². The molecule has 0 saturated heterocycles. The zero-order valence-electron chi connectivity index (χ0n) is 10.2. The van der Waals surface area contributed by atoms with E-state index >= 15 is 0 Å². The van der Waals surface area contributed by atoms with Gasteiger partial charge >= 0.3 is 5.97 Å². The van der Waals surface area contributed by atoms with Crippen molar-refractivity contribution in [3.8, 4) is 0 Å². The lowest BCUT2D eigenvalue weighted by Gasteiger charge is -2.22. The molecule has 0 aromatic heterocycles. The molecule has 17 heavy (non-hydrogen) atoms. The number of halogens is 1. The average molecular weight is 256 g/mol. The minimum atomic E-state index is -0.251. The summed E-state index contributed by atoms with van der Waals surface area (Å²) in [6.07, 6.45) is 1.08. The second kappa shape index (κ2) is 6.62. The van der Waals surface area contributed by atoms with Crippen LogP contribution in [-0.2, 0) is 9.53 Å². The Hall–Kier alpha value is -1.06. The Morgan fingerprint density at radius 3 is 2.76 bits per heavy atom. The van der Waals surface area contributed by atoms with Gasteiger partial charge in [-0.2, -0.15) is 0 Å². The molecule has 0 aliphatic rings. The molecule has 0 radical (unpaired) electrons. The van der Waals surface area contributed by atoms with Gasteiger partial charge in [0, 0.05) is 17.0 Å². The molecule has 94 valence electrons. The van der Waals surface area contributed by atoms with Crippen molar-refractivity contribution in [1.82, 2.24) is 0 Å². The summed E-state index contributed by atoms with van der Waals surface area (Å²) >= 11 is 5.95. The quantitative estimate of drug-likeness (QED) is 0.823. The number of benzene rings is 1. The summed E-state index contributed by atoms with van der Waals surface area (Å²) in [5.41, 5.74) is 7.04. The molecule has 0 heterocycles. The first-order valence-electron chi connectivity index (χ1n) is 5.66. The highest BCUT2D eigenvalue weighted by atomic mass is 35.5. The fraction of sp³-hybridized carbons (Fsp3) is 0.462. The summed E-state index contributed by atoms with van der Waals surface area (Å²) in [4.78, 5) is 11.4. The molecular weight excluding hydrogens is 238 g/mol. The van der Waals surface area contributed by atoms with Crippen LogP contribution in [0.15, 0.2) is 24.3 Å². The fourth-order valence-corrected chi connectivity index (χ4v) is 2.00. The van der Waals surface area contributed by atoms with E-state index < -0.39 is 0 Å². The Morgan fingerprint density at radius 2 is 2.24 bits per heavy atom. The van der Waals surface area contributed by atoms with Crippen molar-refractivity contribution in [2.45, 2.75) is 31.7 Å². The molecule has 1 aromatic carbocycles. The molecule has 0 saturated carbocycles. The molecule has 3 nitrogen and oxygen atoms in total. The van der Waals surface area contributed by atoms with Crippen LogP contribution in [-0.4, -0.2) is 19.1 Å². The van der Waals surface area contributed by atoms with Crippen molar-refractivity contribution in [1.29, 1.82) is 0 Å². The largest absolute Gasteiger partial charge is 0.469 e. The molecule has 0 aliphatic carbocycles. The molecule has 2 N–H and O–H groups in total. The Kier molecular flexibility index (Phi) is 5.45. The van der Waals surface area contributed by atoms with Crippen LogP contribution in [0.25, 0.3) is 0 Å². The van der Waals surface area contributed by atoms with E-state index in [0.717, 1.165) is 12.0 Å². The molecule has 1 aromatic rings. The number of carbonyl (C=O) groups excluding carboxylic acids is 1. The maximum atomic E-state index is 11.4. The molecule has 2 atom stereocenters. The highest BCUT2D eigenvalue weighted by Gasteiger charge is 2.22. The summed E-state index contributed by atoms with van der Waals surface area (Å²) in [5, 5.41) is 0.653. The number of hydrogen-bond donors (Lipinski definition) is 1. The molecular formula is C13H18ClNO2. The van der Waals surface area contributed by atoms with Gasteiger partial charge in [0.15, 0.2) is 0 Å². The number of rotatable bonds is 5. The third kappa shape index (κ3) is 4.02. The minimum absolute atomic E-state index is 0.0499. The van der Waals surface area contributed by atoms with Gasteiger partial charge in [0.25, 0.3) is 0 Å². The molecule has 0 aliphatic heterocycles. The number of hydrogen-bond acceptors (Lipinski definition) is 3. The van der Waals surface area contributed by atoms with Crippen LogP contribution < -0.4 is 5.73 Å². The van der Waals surface area contributed by atoms with Gasteiger partial charge in [-0.3, -0.25) is 4.79 Å². The summed E-state index contributed by atoms with van der Waals surface area (Å²) in [6.45, 7) is 2.00. The minimum Gasteiger partial charge on any atom is -0.469 e. The van der Waals surface area contributed by atoms with Crippen molar-refractivity contribution in [2.24, 2.45) is 5.73 Å². The Labute approximate surface area is 107 Å². The maximum Gasteiger partial charge on any atom is 0.306 e. The van der Waals surface area contributed by atoms with Crippen LogP contribution >= 0.6 is 11.6 Å². The highest BCUT2D eigenvalue weighted by molar-refractivity contribution is 6.30. The van der Waals surface area contributed by atoms with E-state index in [0.29, 0.717) is 5.02 Å². The smallest absolute Gasteiger partial charge is 0.306 e. The SMILES string of the molecule is CCC(N)C(CC(=O)OC)c1cccc(Cl)c1. The van der Waals surface area contributed by atoms with E-state index in [1.165, 1.54) is 7.11 Å². The zero-order chi connectivity index (χ0) is 12.8. The van der Waals surface area contributed by atoms with Gasteiger partial charge in [-0.1, -0.05) is 30.7 Å². The highest BCUT2D eigenvalue weighted by Crippen LogP contribution is 2.26. The fourth-order valence-electron chi connectivity index (χ4n) is 1.80. The normalized spacial score (nSPS) is 14.1. The first-order valence-corrected chi connectivity index (χ1v) is 6.04. The Morgan fingerprint density at radius 1 is 1.53 bits per heavy atom. The maximum absolute atomic E-state index is 11.4. The van der Waals surface area contributed by atoms with Crippen molar-refractivity contribution in [3.63, 3.8) is 0 Å². The van der Waals surface area contributed by atoms with Crippen LogP contribution in [0.4, 0.5) is 0 Å². The van der Waals surface area contributed by atoms with E-state index in [1.807, 2.05) is 25.1 Å². The van der Waals surface area contributed by atoms with E-state index in [1.54, 1.807) is 6.07 Å². The van der Waals surface area contributed by atoms with Crippen LogP contribution in [0.2, 0.25) is 5.02 Å². The topological polar surface area (TPSA) is 52.3 Å². The lowest BCUT2D eigenvalue weighted by molar-refractivity contribution is -0.141. The number of esters is 1. The lowest BCUT2D eigenvalue weighted by Crippen LogP contribution is -2.29. The third-order valence-corrected chi connectivity index (χ3v) is 3.11. The summed E-state index contributed by atoms with van der Waals surface area (Å²) in [6, 6.07) is 7.38. The average Bonchev–Trinajstić information content (AvgIpc) is 2.34. The van der Waals surface area contributed by atoms with Gasteiger partial charge in [0.05, 0.1) is 13.5 Å². The van der Waals surface area contributed by atoms with Crippen LogP contribution in [0.3, 0.4) is 0 Å². The molecule has 0 bridgehead atoms. The number of methoxy groups -OCH3 is 1. The van der Waals surface area contributed by atoms with Crippen LogP contribution in [0.1, 0.15) is 31.2 Å². The lowest BCUT2D eigenvalue weighted by atomic mass is 9.88. The molecule has 2 unspecified atom stereocenters. The molecule has 0 fully saturated rings. The third-order valence-electron chi connectivity index (χ3n) is 2.88. The van der Waals surface area contributed by atoms with Crippen molar-refractivity contribution < 1.29 is 9.53 Å². The molecule has 4 heteroatoms. The predicted molar refractivity (Wildman–Crippen MR) is 69.1 cm³/mol. The second-order valence-electron chi connectivity index (χ2n) is 4.01. The number of carbonyl (C=O) groups is 1. The number of ether oxygens (including phenoxy) is 1.